The first-order valence-corrected chi connectivity index (χ1v) is 7.29. The Morgan fingerprint density at radius 2 is 1.85 bits per heavy atom. The van der Waals surface area contributed by atoms with Crippen LogP contribution in [-0.2, 0) is 11.3 Å². The largest absolute Gasteiger partial charge is 0.445 e. The normalized spacial score (nSPS) is 22.6. The van der Waals surface area contributed by atoms with Gasteiger partial charge in [0, 0.05) is 12.1 Å². The second kappa shape index (κ2) is 7.29. The molecule has 4 nitrogen and oxygen atoms in total. The van der Waals surface area contributed by atoms with Crippen LogP contribution in [-0.4, -0.2) is 37.2 Å². The van der Waals surface area contributed by atoms with Gasteiger partial charge in [0.15, 0.2) is 0 Å². The number of nitrogens with one attached hydrogen (secondary N) is 1. The SMILES string of the molecule is CN(C)[C@H]1CC[C@@H](NC(=O)OCc2ccccc2)CC1. The van der Waals surface area contributed by atoms with Gasteiger partial charge in [-0.05, 0) is 45.3 Å². The van der Waals surface area contributed by atoms with Crippen LogP contribution in [0.25, 0.3) is 0 Å². The fraction of sp³-hybridized carbons (Fsp3) is 0.562. The highest BCUT2D eigenvalue weighted by Crippen LogP contribution is 2.21. The summed E-state index contributed by atoms with van der Waals surface area (Å²) in [6, 6.07) is 10.7. The lowest BCUT2D eigenvalue weighted by atomic mass is 9.91. The Kier molecular flexibility index (Phi) is 5.41. The van der Waals surface area contributed by atoms with Gasteiger partial charge in [0.25, 0.3) is 0 Å². The summed E-state index contributed by atoms with van der Waals surface area (Å²) < 4.78 is 5.24. The quantitative estimate of drug-likeness (QED) is 0.919. The van der Waals surface area contributed by atoms with E-state index in [0.29, 0.717) is 12.6 Å². The average molecular weight is 276 g/mol. The number of carbonyl (C=O) groups is 1. The number of nitrogens with zero attached hydrogens (tertiary/aromatic N) is 1. The molecule has 1 aromatic rings. The van der Waals surface area contributed by atoms with Crippen LogP contribution >= 0.6 is 0 Å². The van der Waals surface area contributed by atoms with Gasteiger partial charge >= 0.3 is 6.09 Å². The third kappa shape index (κ3) is 4.53. The molecule has 1 aliphatic rings. The van der Waals surface area contributed by atoms with E-state index in [2.05, 4.69) is 24.3 Å². The minimum atomic E-state index is -0.304. The summed E-state index contributed by atoms with van der Waals surface area (Å²) in [5.74, 6) is 0. The zero-order valence-corrected chi connectivity index (χ0v) is 12.3. The molecule has 1 aromatic carbocycles. The fourth-order valence-electron chi connectivity index (χ4n) is 2.67. The van der Waals surface area contributed by atoms with Crippen LogP contribution in [0.15, 0.2) is 30.3 Å². The second-order valence-electron chi connectivity index (χ2n) is 5.68. The predicted molar refractivity (Wildman–Crippen MR) is 79.5 cm³/mol. The van der Waals surface area contributed by atoms with Crippen LogP contribution in [0.1, 0.15) is 31.2 Å². The van der Waals surface area contributed by atoms with Gasteiger partial charge in [0.1, 0.15) is 6.61 Å². The molecule has 0 bridgehead atoms. The summed E-state index contributed by atoms with van der Waals surface area (Å²) in [6.45, 7) is 0.333. The van der Waals surface area contributed by atoms with Gasteiger partial charge in [0.05, 0.1) is 0 Å². The van der Waals surface area contributed by atoms with Crippen molar-refractivity contribution in [1.29, 1.82) is 0 Å². The molecule has 0 aromatic heterocycles. The van der Waals surface area contributed by atoms with E-state index >= 15 is 0 Å². The molecule has 0 heterocycles. The van der Waals surface area contributed by atoms with Crippen LogP contribution in [0, 0.1) is 0 Å². The van der Waals surface area contributed by atoms with Gasteiger partial charge in [-0.25, -0.2) is 4.79 Å². The molecule has 1 N–H and O–H groups in total. The van der Waals surface area contributed by atoms with Crippen LogP contribution in [0.5, 0.6) is 0 Å². The number of carbonyl (C=O) groups excluding carboxylic acids is 1. The molecule has 0 radical (unpaired) electrons. The maximum Gasteiger partial charge on any atom is 0.407 e. The minimum Gasteiger partial charge on any atom is -0.445 e. The van der Waals surface area contributed by atoms with Crippen LogP contribution in [0.3, 0.4) is 0 Å². The summed E-state index contributed by atoms with van der Waals surface area (Å²) in [5, 5.41) is 2.97. The third-order valence-electron chi connectivity index (χ3n) is 3.96. The monoisotopic (exact) mass is 276 g/mol. The highest BCUT2D eigenvalue weighted by molar-refractivity contribution is 5.67. The number of benzene rings is 1. The zero-order valence-electron chi connectivity index (χ0n) is 12.3. The van der Waals surface area contributed by atoms with Crippen molar-refractivity contribution >= 4 is 6.09 Å². The Morgan fingerprint density at radius 1 is 1.20 bits per heavy atom. The smallest absolute Gasteiger partial charge is 0.407 e. The molecule has 1 aliphatic carbocycles. The number of hydrogen-bond acceptors (Lipinski definition) is 3. The van der Waals surface area contributed by atoms with E-state index in [1.165, 1.54) is 0 Å². The number of alkyl carbamates (subject to hydrolysis) is 1. The van der Waals surface area contributed by atoms with Gasteiger partial charge in [0.2, 0.25) is 0 Å². The summed E-state index contributed by atoms with van der Waals surface area (Å²) in [7, 11) is 4.24. The molecule has 0 unspecified atom stereocenters. The van der Waals surface area contributed by atoms with E-state index in [9.17, 15) is 4.79 Å². The molecule has 1 saturated carbocycles. The first kappa shape index (κ1) is 14.9. The van der Waals surface area contributed by atoms with Crippen molar-refractivity contribution in [2.75, 3.05) is 14.1 Å². The van der Waals surface area contributed by atoms with Gasteiger partial charge < -0.3 is 15.0 Å². The lowest BCUT2D eigenvalue weighted by Gasteiger charge is -2.32. The summed E-state index contributed by atoms with van der Waals surface area (Å²) in [4.78, 5) is 14.0. The average Bonchev–Trinajstić information content (AvgIpc) is 2.47. The third-order valence-corrected chi connectivity index (χ3v) is 3.96. The highest BCUT2D eigenvalue weighted by Gasteiger charge is 2.23. The number of rotatable bonds is 4. The minimum absolute atomic E-state index is 0.259. The Balaban J connectivity index is 1.68. The van der Waals surface area contributed by atoms with Crippen LogP contribution < -0.4 is 5.32 Å². The molecule has 4 heteroatoms. The molecule has 0 aliphatic heterocycles. The van der Waals surface area contributed by atoms with E-state index < -0.39 is 0 Å². The topological polar surface area (TPSA) is 41.6 Å². The van der Waals surface area contributed by atoms with Crippen molar-refractivity contribution in [2.45, 2.75) is 44.4 Å². The summed E-state index contributed by atoms with van der Waals surface area (Å²) in [6.07, 6.45) is 4.03. The Bertz CT molecular complexity index is 412. The lowest BCUT2D eigenvalue weighted by Crippen LogP contribution is -2.41. The number of hydrogen-bond donors (Lipinski definition) is 1. The maximum absolute atomic E-state index is 11.8. The molecule has 20 heavy (non-hydrogen) atoms. The van der Waals surface area contributed by atoms with Crippen molar-refractivity contribution in [2.24, 2.45) is 0 Å². The maximum atomic E-state index is 11.8. The summed E-state index contributed by atoms with van der Waals surface area (Å²) in [5.41, 5.74) is 1.01. The molecule has 2 rings (SSSR count). The molecule has 0 spiro atoms. The van der Waals surface area contributed by atoms with E-state index in [-0.39, 0.29) is 12.1 Å². The van der Waals surface area contributed by atoms with Gasteiger partial charge in [-0.15, -0.1) is 0 Å². The van der Waals surface area contributed by atoms with E-state index in [0.717, 1.165) is 31.2 Å². The Morgan fingerprint density at radius 3 is 2.45 bits per heavy atom. The van der Waals surface area contributed by atoms with Crippen molar-refractivity contribution in [3.8, 4) is 0 Å². The van der Waals surface area contributed by atoms with Crippen molar-refractivity contribution in [3.63, 3.8) is 0 Å². The number of ether oxygens (including phenoxy) is 1. The molecular formula is C16H24N2O2. The first-order valence-electron chi connectivity index (χ1n) is 7.29. The zero-order chi connectivity index (χ0) is 14.4. The number of amides is 1. The highest BCUT2D eigenvalue weighted by atomic mass is 16.5. The standard InChI is InChI=1S/C16H24N2O2/c1-18(2)15-10-8-14(9-11-15)17-16(19)20-12-13-6-4-3-5-7-13/h3-7,14-15H,8-12H2,1-2H3,(H,17,19)/t14-,15+. The van der Waals surface area contributed by atoms with Gasteiger partial charge in [-0.2, -0.15) is 0 Å². The predicted octanol–water partition coefficient (Wildman–Crippen LogP) is 2.79. The van der Waals surface area contributed by atoms with E-state index in [4.69, 9.17) is 4.74 Å². The van der Waals surface area contributed by atoms with Crippen LogP contribution in [0.2, 0.25) is 0 Å². The second-order valence-corrected chi connectivity index (χ2v) is 5.68. The van der Waals surface area contributed by atoms with Crippen molar-refractivity contribution < 1.29 is 9.53 Å². The van der Waals surface area contributed by atoms with E-state index in [1.807, 2.05) is 30.3 Å². The fourth-order valence-corrected chi connectivity index (χ4v) is 2.67. The molecule has 110 valence electrons. The Hall–Kier alpha value is -1.55. The molecular weight excluding hydrogens is 252 g/mol. The molecule has 1 amide bonds. The van der Waals surface area contributed by atoms with Crippen molar-refractivity contribution in [3.05, 3.63) is 35.9 Å². The lowest BCUT2D eigenvalue weighted by molar-refractivity contribution is 0.128. The molecule has 0 saturated heterocycles. The first-order chi connectivity index (χ1) is 9.65. The van der Waals surface area contributed by atoms with E-state index in [1.54, 1.807) is 0 Å². The molecule has 0 atom stereocenters. The summed E-state index contributed by atoms with van der Waals surface area (Å²) >= 11 is 0. The van der Waals surface area contributed by atoms with Gasteiger partial charge in [-0.1, -0.05) is 30.3 Å². The van der Waals surface area contributed by atoms with Gasteiger partial charge in [-0.3, -0.25) is 0 Å². The Labute approximate surface area is 121 Å². The van der Waals surface area contributed by atoms with Crippen LogP contribution in [0.4, 0.5) is 4.79 Å². The molecule has 1 fully saturated rings. The van der Waals surface area contributed by atoms with Crippen molar-refractivity contribution in [1.82, 2.24) is 10.2 Å².